The summed E-state index contributed by atoms with van der Waals surface area (Å²) in [6.07, 6.45) is 1.84. The summed E-state index contributed by atoms with van der Waals surface area (Å²) in [4.78, 5) is 10.7. The van der Waals surface area contributed by atoms with Gasteiger partial charge in [-0.05, 0) is 19.1 Å². The Morgan fingerprint density at radius 1 is 1.38 bits per heavy atom. The van der Waals surface area contributed by atoms with Gasteiger partial charge in [-0.1, -0.05) is 6.07 Å². The van der Waals surface area contributed by atoms with Gasteiger partial charge in [0.25, 0.3) is 0 Å². The maximum atomic E-state index is 11.1. The molecule has 3 aromatic rings. The summed E-state index contributed by atoms with van der Waals surface area (Å²) >= 11 is 0. The van der Waals surface area contributed by atoms with Crippen LogP contribution in [0.4, 0.5) is 11.5 Å². The van der Waals surface area contributed by atoms with Gasteiger partial charge in [0.05, 0.1) is 11.5 Å². The van der Waals surface area contributed by atoms with E-state index in [1.807, 2.05) is 28.8 Å². The van der Waals surface area contributed by atoms with Gasteiger partial charge in [0.15, 0.2) is 11.5 Å². The van der Waals surface area contributed by atoms with E-state index >= 15 is 0 Å². The SMILES string of the molecule is Cc1nn(C)c(NCc2nnc3ccccn23)c1[N+](=O)[O-]. The molecule has 0 aliphatic heterocycles. The molecule has 0 aliphatic rings. The van der Waals surface area contributed by atoms with Gasteiger partial charge in [-0.15, -0.1) is 10.2 Å². The quantitative estimate of drug-likeness (QED) is 0.573. The van der Waals surface area contributed by atoms with E-state index in [2.05, 4.69) is 20.6 Å². The highest BCUT2D eigenvalue weighted by Gasteiger charge is 2.24. The van der Waals surface area contributed by atoms with Crippen molar-refractivity contribution in [2.75, 3.05) is 5.32 Å². The topological polar surface area (TPSA) is 103 Å². The number of rotatable bonds is 4. The van der Waals surface area contributed by atoms with E-state index in [4.69, 9.17) is 0 Å². The van der Waals surface area contributed by atoms with Gasteiger partial charge < -0.3 is 5.32 Å². The number of aromatic nitrogens is 5. The zero-order chi connectivity index (χ0) is 15.0. The Labute approximate surface area is 119 Å². The fourth-order valence-corrected chi connectivity index (χ4v) is 2.24. The number of nitro groups is 1. The van der Waals surface area contributed by atoms with Crippen LogP contribution in [0.15, 0.2) is 24.4 Å². The Bertz CT molecular complexity index is 820. The third kappa shape index (κ3) is 2.18. The van der Waals surface area contributed by atoms with Crippen LogP contribution in [0.3, 0.4) is 0 Å². The van der Waals surface area contributed by atoms with E-state index in [9.17, 15) is 10.1 Å². The first-order valence-corrected chi connectivity index (χ1v) is 6.28. The number of nitrogens with one attached hydrogen (secondary N) is 1. The van der Waals surface area contributed by atoms with Crippen LogP contribution in [-0.4, -0.2) is 29.3 Å². The molecule has 108 valence electrons. The molecule has 0 fully saturated rings. The van der Waals surface area contributed by atoms with E-state index in [1.54, 1.807) is 14.0 Å². The molecular weight excluding hydrogens is 274 g/mol. The molecule has 0 saturated heterocycles. The largest absolute Gasteiger partial charge is 0.357 e. The zero-order valence-corrected chi connectivity index (χ0v) is 11.5. The number of pyridine rings is 1. The summed E-state index contributed by atoms with van der Waals surface area (Å²) in [7, 11) is 1.66. The first-order valence-electron chi connectivity index (χ1n) is 6.28. The number of fused-ring (bicyclic) bond motifs is 1. The molecular formula is C12H13N7O2. The smallest absolute Gasteiger partial charge is 0.333 e. The summed E-state index contributed by atoms with van der Waals surface area (Å²) < 4.78 is 3.28. The van der Waals surface area contributed by atoms with Crippen molar-refractivity contribution in [1.82, 2.24) is 24.4 Å². The standard InChI is InChI=1S/C12H13N7O2/c1-8-11(19(20)21)12(17(2)16-8)13-7-10-15-14-9-5-3-4-6-18(9)10/h3-6,13H,7H2,1-2H3. The lowest BCUT2D eigenvalue weighted by Gasteiger charge is -2.04. The predicted octanol–water partition coefficient (Wildman–Crippen LogP) is 1.29. The van der Waals surface area contributed by atoms with Gasteiger partial charge in [-0.25, -0.2) is 4.68 Å². The molecule has 0 saturated carbocycles. The van der Waals surface area contributed by atoms with Crippen LogP contribution >= 0.6 is 0 Å². The molecule has 21 heavy (non-hydrogen) atoms. The van der Waals surface area contributed by atoms with Gasteiger partial charge in [-0.2, -0.15) is 5.10 Å². The Morgan fingerprint density at radius 2 is 2.19 bits per heavy atom. The highest BCUT2D eigenvalue weighted by atomic mass is 16.6. The number of anilines is 1. The average molecular weight is 287 g/mol. The minimum atomic E-state index is -0.438. The number of aryl methyl sites for hydroxylation is 2. The third-order valence-corrected chi connectivity index (χ3v) is 3.17. The van der Waals surface area contributed by atoms with Crippen molar-refractivity contribution < 1.29 is 4.92 Å². The monoisotopic (exact) mass is 287 g/mol. The molecule has 0 spiro atoms. The molecule has 3 rings (SSSR count). The van der Waals surface area contributed by atoms with E-state index < -0.39 is 4.92 Å². The Kier molecular flexibility index (Phi) is 3.01. The normalized spacial score (nSPS) is 11.0. The number of nitrogens with zero attached hydrogens (tertiary/aromatic N) is 6. The first kappa shape index (κ1) is 13.0. The van der Waals surface area contributed by atoms with Gasteiger partial charge in [0.2, 0.25) is 5.82 Å². The molecule has 0 radical (unpaired) electrons. The molecule has 0 bridgehead atoms. The predicted molar refractivity (Wildman–Crippen MR) is 74.9 cm³/mol. The molecule has 9 nitrogen and oxygen atoms in total. The van der Waals surface area contributed by atoms with Crippen LogP contribution in [0.1, 0.15) is 11.5 Å². The lowest BCUT2D eigenvalue weighted by molar-refractivity contribution is -0.384. The van der Waals surface area contributed by atoms with Gasteiger partial charge in [0.1, 0.15) is 5.69 Å². The summed E-state index contributed by atoms with van der Waals surface area (Å²) in [5, 5.41) is 26.3. The van der Waals surface area contributed by atoms with Crippen LogP contribution in [-0.2, 0) is 13.6 Å². The molecule has 0 amide bonds. The average Bonchev–Trinajstić information content (AvgIpc) is 2.97. The van der Waals surface area contributed by atoms with Crippen molar-refractivity contribution in [3.05, 3.63) is 46.0 Å². The lowest BCUT2D eigenvalue weighted by atomic mass is 10.4. The second-order valence-electron chi connectivity index (χ2n) is 4.56. The second kappa shape index (κ2) is 4.85. The molecule has 0 unspecified atom stereocenters. The summed E-state index contributed by atoms with van der Waals surface area (Å²) in [6, 6.07) is 5.58. The fraction of sp³-hybridized carbons (Fsp3) is 0.250. The molecule has 3 aromatic heterocycles. The van der Waals surface area contributed by atoms with Crippen molar-refractivity contribution in [2.24, 2.45) is 7.05 Å². The fourth-order valence-electron chi connectivity index (χ4n) is 2.24. The van der Waals surface area contributed by atoms with E-state index in [1.165, 1.54) is 4.68 Å². The highest BCUT2D eigenvalue weighted by molar-refractivity contribution is 5.59. The van der Waals surface area contributed by atoms with Gasteiger partial charge in [0, 0.05) is 13.2 Å². The van der Waals surface area contributed by atoms with Crippen LogP contribution in [0.25, 0.3) is 5.65 Å². The van der Waals surface area contributed by atoms with Crippen LogP contribution in [0, 0.1) is 17.0 Å². The van der Waals surface area contributed by atoms with Crippen LogP contribution < -0.4 is 5.32 Å². The summed E-state index contributed by atoms with van der Waals surface area (Å²) in [6.45, 7) is 1.92. The Morgan fingerprint density at radius 3 is 2.95 bits per heavy atom. The van der Waals surface area contributed by atoms with E-state index in [0.717, 1.165) is 5.65 Å². The minimum Gasteiger partial charge on any atom is -0.357 e. The van der Waals surface area contributed by atoms with Gasteiger partial charge >= 0.3 is 5.69 Å². The van der Waals surface area contributed by atoms with Crippen LogP contribution in [0.5, 0.6) is 0 Å². The highest BCUT2D eigenvalue weighted by Crippen LogP contribution is 2.27. The second-order valence-corrected chi connectivity index (χ2v) is 4.56. The van der Waals surface area contributed by atoms with Crippen molar-refractivity contribution in [3.63, 3.8) is 0 Å². The molecule has 0 aromatic carbocycles. The molecule has 0 aliphatic carbocycles. The molecule has 9 heteroatoms. The Hall–Kier alpha value is -2.97. The van der Waals surface area contributed by atoms with Crippen molar-refractivity contribution in [2.45, 2.75) is 13.5 Å². The molecule has 0 atom stereocenters. The maximum Gasteiger partial charge on any atom is 0.333 e. The zero-order valence-electron chi connectivity index (χ0n) is 11.5. The minimum absolute atomic E-state index is 0.0219. The van der Waals surface area contributed by atoms with Gasteiger partial charge in [-0.3, -0.25) is 14.5 Å². The maximum absolute atomic E-state index is 11.1. The third-order valence-electron chi connectivity index (χ3n) is 3.17. The molecule has 3 heterocycles. The van der Waals surface area contributed by atoms with Crippen molar-refractivity contribution >= 4 is 17.2 Å². The van der Waals surface area contributed by atoms with Crippen LogP contribution in [0.2, 0.25) is 0 Å². The lowest BCUT2D eigenvalue weighted by Crippen LogP contribution is -2.09. The van der Waals surface area contributed by atoms with Crippen molar-refractivity contribution in [3.8, 4) is 0 Å². The summed E-state index contributed by atoms with van der Waals surface area (Å²) in [5.74, 6) is 1.02. The first-order chi connectivity index (χ1) is 10.1. The number of hydrogen-bond acceptors (Lipinski definition) is 6. The van der Waals surface area contributed by atoms with E-state index in [-0.39, 0.29) is 5.69 Å². The summed E-state index contributed by atoms with van der Waals surface area (Å²) in [5.41, 5.74) is 1.08. The number of hydrogen-bond donors (Lipinski definition) is 1. The van der Waals surface area contributed by atoms with E-state index in [0.29, 0.717) is 23.9 Å². The van der Waals surface area contributed by atoms with Crippen molar-refractivity contribution in [1.29, 1.82) is 0 Å². The Balaban J connectivity index is 1.90. The molecule has 1 N–H and O–H groups in total.